The van der Waals surface area contributed by atoms with Gasteiger partial charge in [-0.1, -0.05) is 12.1 Å². The van der Waals surface area contributed by atoms with Crippen molar-refractivity contribution in [3.8, 4) is 0 Å². The normalized spacial score (nSPS) is 11.5. The number of allylic oxidation sites excluding steroid dienone is 1. The third kappa shape index (κ3) is 4.06. The highest BCUT2D eigenvalue weighted by molar-refractivity contribution is 9.10. The van der Waals surface area contributed by atoms with Crippen molar-refractivity contribution >= 4 is 27.6 Å². The van der Waals surface area contributed by atoms with Crippen LogP contribution in [0, 0.1) is 10.1 Å². The van der Waals surface area contributed by atoms with Crippen molar-refractivity contribution < 1.29 is 14.5 Å². The molecule has 7 heteroatoms. The summed E-state index contributed by atoms with van der Waals surface area (Å²) in [6.07, 6.45) is 0. The number of para-hydroxylation sites is 1. The largest absolute Gasteiger partial charge is 0.458 e. The summed E-state index contributed by atoms with van der Waals surface area (Å²) in [5, 5.41) is 13.7. The zero-order chi connectivity index (χ0) is 14.4. The van der Waals surface area contributed by atoms with Crippen LogP contribution in [0.5, 0.6) is 0 Å². The zero-order valence-electron chi connectivity index (χ0n) is 10.5. The molecule has 1 aromatic carbocycles. The number of nitro groups is 1. The number of hydrogen-bond donors (Lipinski definition) is 1. The van der Waals surface area contributed by atoms with Gasteiger partial charge in [0.15, 0.2) is 0 Å². The van der Waals surface area contributed by atoms with Gasteiger partial charge < -0.3 is 10.1 Å². The number of esters is 1. The lowest BCUT2D eigenvalue weighted by molar-refractivity contribution is -0.422. The van der Waals surface area contributed by atoms with Gasteiger partial charge in [-0.05, 0) is 41.9 Å². The van der Waals surface area contributed by atoms with Crippen molar-refractivity contribution in [3.63, 3.8) is 0 Å². The topological polar surface area (TPSA) is 81.5 Å². The van der Waals surface area contributed by atoms with E-state index in [0.29, 0.717) is 5.69 Å². The Morgan fingerprint density at radius 1 is 1.47 bits per heavy atom. The molecule has 0 unspecified atom stereocenters. The molecule has 0 saturated heterocycles. The molecule has 0 spiro atoms. The van der Waals surface area contributed by atoms with Gasteiger partial charge in [-0.15, -0.1) is 0 Å². The number of rotatable bonds is 5. The van der Waals surface area contributed by atoms with E-state index in [2.05, 4.69) is 26.0 Å². The first-order valence-electron chi connectivity index (χ1n) is 5.51. The Hall–Kier alpha value is -1.89. The van der Waals surface area contributed by atoms with Crippen molar-refractivity contribution in [1.29, 1.82) is 0 Å². The van der Waals surface area contributed by atoms with E-state index in [0.717, 1.165) is 4.47 Å². The Labute approximate surface area is 118 Å². The first-order chi connectivity index (χ1) is 8.97. The number of halogens is 1. The number of nitrogens with one attached hydrogen (secondary N) is 1. The van der Waals surface area contributed by atoms with E-state index < -0.39 is 16.6 Å². The third-order valence-electron chi connectivity index (χ3n) is 2.20. The van der Waals surface area contributed by atoms with Gasteiger partial charge in [0.05, 0.1) is 22.9 Å². The van der Waals surface area contributed by atoms with E-state index in [9.17, 15) is 14.9 Å². The van der Waals surface area contributed by atoms with Gasteiger partial charge in [-0.3, -0.25) is 10.1 Å². The predicted octanol–water partition coefficient (Wildman–Crippen LogP) is 2.93. The Morgan fingerprint density at radius 2 is 2.11 bits per heavy atom. The van der Waals surface area contributed by atoms with Crippen LogP contribution in [0.1, 0.15) is 13.8 Å². The van der Waals surface area contributed by atoms with E-state index in [4.69, 9.17) is 0 Å². The molecular weight excluding hydrogens is 316 g/mol. The molecule has 0 aromatic heterocycles. The molecule has 19 heavy (non-hydrogen) atoms. The van der Waals surface area contributed by atoms with Gasteiger partial charge >= 0.3 is 11.7 Å². The van der Waals surface area contributed by atoms with E-state index in [-0.39, 0.29) is 12.3 Å². The van der Waals surface area contributed by atoms with Gasteiger partial charge in [-0.2, -0.15) is 0 Å². The molecule has 0 bridgehead atoms. The SMILES string of the molecule is CCOC(=O)C(=C(C)Nc1ccccc1Br)[N+](=O)[O-]. The van der Waals surface area contributed by atoms with E-state index >= 15 is 0 Å². The van der Waals surface area contributed by atoms with Crippen LogP contribution in [0.25, 0.3) is 0 Å². The number of ether oxygens (including phenoxy) is 1. The molecular formula is C12H13BrN2O4. The maximum Gasteiger partial charge on any atom is 0.411 e. The van der Waals surface area contributed by atoms with Crippen molar-refractivity contribution in [2.75, 3.05) is 11.9 Å². The van der Waals surface area contributed by atoms with Crippen molar-refractivity contribution in [2.24, 2.45) is 0 Å². The summed E-state index contributed by atoms with van der Waals surface area (Å²) < 4.78 is 5.40. The lowest BCUT2D eigenvalue weighted by atomic mass is 10.3. The summed E-state index contributed by atoms with van der Waals surface area (Å²) in [5.41, 5.74) is 0.150. The number of anilines is 1. The fourth-order valence-corrected chi connectivity index (χ4v) is 1.77. The molecule has 6 nitrogen and oxygen atoms in total. The molecule has 0 aliphatic heterocycles. The molecule has 1 N–H and O–H groups in total. The minimum Gasteiger partial charge on any atom is -0.458 e. The minimum absolute atomic E-state index is 0.0818. The van der Waals surface area contributed by atoms with Crippen LogP contribution < -0.4 is 5.32 Å². The standard InChI is InChI=1S/C12H13BrN2O4/c1-3-19-12(16)11(15(17)18)8(2)14-10-7-5-4-6-9(10)13/h4-7,14H,3H2,1-2H3. The van der Waals surface area contributed by atoms with Gasteiger partial charge in [-0.25, -0.2) is 4.79 Å². The molecule has 1 aromatic rings. The van der Waals surface area contributed by atoms with Crippen LogP contribution in [0.3, 0.4) is 0 Å². The van der Waals surface area contributed by atoms with Crippen LogP contribution in [0.15, 0.2) is 40.1 Å². The minimum atomic E-state index is -0.954. The molecule has 0 atom stereocenters. The molecule has 102 valence electrons. The first-order valence-corrected chi connectivity index (χ1v) is 6.30. The second-order valence-electron chi connectivity index (χ2n) is 3.56. The lowest BCUT2D eigenvalue weighted by Crippen LogP contribution is -2.19. The third-order valence-corrected chi connectivity index (χ3v) is 2.89. The Bertz CT molecular complexity index is 528. The number of hydrogen-bond acceptors (Lipinski definition) is 5. The highest BCUT2D eigenvalue weighted by Crippen LogP contribution is 2.23. The Balaban J connectivity index is 3.07. The maximum atomic E-state index is 11.5. The highest BCUT2D eigenvalue weighted by atomic mass is 79.9. The fraction of sp³-hybridized carbons (Fsp3) is 0.250. The average Bonchev–Trinajstić information content (AvgIpc) is 2.32. The first kappa shape index (κ1) is 15.2. The summed E-state index contributed by atoms with van der Waals surface area (Å²) in [5.74, 6) is -0.954. The summed E-state index contributed by atoms with van der Waals surface area (Å²) in [4.78, 5) is 21.7. The summed E-state index contributed by atoms with van der Waals surface area (Å²) in [7, 11) is 0. The smallest absolute Gasteiger partial charge is 0.411 e. The quantitative estimate of drug-likeness (QED) is 0.389. The maximum absolute atomic E-state index is 11.5. The Kier molecular flexibility index (Phi) is 5.50. The molecule has 0 aliphatic rings. The molecule has 0 amide bonds. The molecule has 1 rings (SSSR count). The number of carbonyl (C=O) groups is 1. The second kappa shape index (κ2) is 6.89. The number of benzene rings is 1. The van der Waals surface area contributed by atoms with Crippen LogP contribution in [0.2, 0.25) is 0 Å². The summed E-state index contributed by atoms with van der Waals surface area (Å²) in [6.45, 7) is 3.12. The summed E-state index contributed by atoms with van der Waals surface area (Å²) in [6, 6.07) is 7.10. The van der Waals surface area contributed by atoms with Crippen molar-refractivity contribution in [1.82, 2.24) is 0 Å². The average molecular weight is 329 g/mol. The second-order valence-corrected chi connectivity index (χ2v) is 4.41. The van der Waals surface area contributed by atoms with Crippen molar-refractivity contribution in [3.05, 3.63) is 50.2 Å². The van der Waals surface area contributed by atoms with Gasteiger partial charge in [0, 0.05) is 4.47 Å². The van der Waals surface area contributed by atoms with Gasteiger partial charge in [0.1, 0.15) is 0 Å². The van der Waals surface area contributed by atoms with E-state index in [1.54, 1.807) is 25.1 Å². The van der Waals surface area contributed by atoms with Crippen LogP contribution >= 0.6 is 15.9 Å². The lowest BCUT2D eigenvalue weighted by Gasteiger charge is -2.09. The van der Waals surface area contributed by atoms with Crippen LogP contribution in [-0.4, -0.2) is 17.5 Å². The monoisotopic (exact) mass is 328 g/mol. The van der Waals surface area contributed by atoms with Crippen LogP contribution in [-0.2, 0) is 9.53 Å². The summed E-state index contributed by atoms with van der Waals surface area (Å²) >= 11 is 3.31. The molecule has 0 heterocycles. The number of nitrogens with zero attached hydrogens (tertiary/aromatic N) is 1. The fourth-order valence-electron chi connectivity index (χ4n) is 1.39. The van der Waals surface area contributed by atoms with Gasteiger partial charge in [0.25, 0.3) is 0 Å². The van der Waals surface area contributed by atoms with Crippen LogP contribution in [0.4, 0.5) is 5.69 Å². The highest BCUT2D eigenvalue weighted by Gasteiger charge is 2.27. The predicted molar refractivity (Wildman–Crippen MR) is 74.1 cm³/mol. The Morgan fingerprint density at radius 3 is 2.63 bits per heavy atom. The molecule has 0 saturated carbocycles. The molecule has 0 aliphatic carbocycles. The molecule has 0 radical (unpaired) electrons. The molecule has 0 fully saturated rings. The zero-order valence-corrected chi connectivity index (χ0v) is 12.1. The number of carbonyl (C=O) groups excluding carboxylic acids is 1. The van der Waals surface area contributed by atoms with Crippen molar-refractivity contribution in [2.45, 2.75) is 13.8 Å². The van der Waals surface area contributed by atoms with E-state index in [1.165, 1.54) is 6.92 Å². The van der Waals surface area contributed by atoms with E-state index in [1.807, 2.05) is 6.07 Å². The van der Waals surface area contributed by atoms with Gasteiger partial charge in [0.2, 0.25) is 0 Å².